The molecule has 2 fully saturated rings. The Morgan fingerprint density at radius 3 is 2.70 bits per heavy atom. The van der Waals surface area contributed by atoms with Gasteiger partial charge in [0, 0.05) is 22.9 Å². The summed E-state index contributed by atoms with van der Waals surface area (Å²) < 4.78 is 7.26. The van der Waals surface area contributed by atoms with E-state index in [1.54, 1.807) is 0 Å². The zero-order valence-electron chi connectivity index (χ0n) is 11.8. The quantitative estimate of drug-likeness (QED) is 0.838. The van der Waals surface area contributed by atoms with Crippen LogP contribution in [0.15, 0.2) is 22.7 Å². The molecule has 2 atom stereocenters. The van der Waals surface area contributed by atoms with E-state index in [1.807, 2.05) is 18.2 Å². The Kier molecular flexibility index (Phi) is 4.30. The van der Waals surface area contributed by atoms with Crippen LogP contribution in [-0.2, 0) is 0 Å². The molecule has 0 aliphatic heterocycles. The van der Waals surface area contributed by atoms with E-state index in [-0.39, 0.29) is 0 Å². The van der Waals surface area contributed by atoms with Crippen LogP contribution < -0.4 is 10.1 Å². The molecule has 110 valence electrons. The Hall–Kier alpha value is -0.250. The van der Waals surface area contributed by atoms with E-state index in [9.17, 15) is 0 Å². The van der Waals surface area contributed by atoms with E-state index in [0.29, 0.717) is 17.6 Å². The van der Waals surface area contributed by atoms with Gasteiger partial charge in [-0.2, -0.15) is 0 Å². The third-order valence-corrected chi connectivity index (χ3v) is 5.94. The lowest BCUT2D eigenvalue weighted by Gasteiger charge is -2.57. The molecule has 0 aromatic heterocycles. The Bertz CT molecular complexity index is 487. The van der Waals surface area contributed by atoms with Crippen molar-refractivity contribution in [3.63, 3.8) is 0 Å². The van der Waals surface area contributed by atoms with Gasteiger partial charge < -0.3 is 10.1 Å². The van der Waals surface area contributed by atoms with Crippen molar-refractivity contribution in [2.75, 3.05) is 7.05 Å². The molecule has 1 spiro atoms. The fourth-order valence-corrected chi connectivity index (χ4v) is 4.70. The predicted molar refractivity (Wildman–Crippen MR) is 86.6 cm³/mol. The fraction of sp³-hybridized carbons (Fsp3) is 0.625. The Labute approximate surface area is 134 Å². The largest absolute Gasteiger partial charge is 0.489 e. The number of rotatable bonds is 3. The topological polar surface area (TPSA) is 21.3 Å². The van der Waals surface area contributed by atoms with Crippen LogP contribution >= 0.6 is 27.5 Å². The highest BCUT2D eigenvalue weighted by atomic mass is 79.9. The summed E-state index contributed by atoms with van der Waals surface area (Å²) in [4.78, 5) is 0. The van der Waals surface area contributed by atoms with Crippen molar-refractivity contribution in [1.82, 2.24) is 5.32 Å². The van der Waals surface area contributed by atoms with Gasteiger partial charge in [-0.15, -0.1) is 0 Å². The standard InChI is InChI=1S/C16H21BrClNO/c1-19-14-10-15(16(14)7-3-2-4-8-16)20-13-6-5-11(18)9-12(13)17/h5-6,9,14-15,19H,2-4,7-8,10H2,1H3. The molecule has 0 amide bonds. The molecule has 0 heterocycles. The summed E-state index contributed by atoms with van der Waals surface area (Å²) in [5, 5.41) is 4.22. The highest BCUT2D eigenvalue weighted by molar-refractivity contribution is 9.10. The van der Waals surface area contributed by atoms with E-state index < -0.39 is 0 Å². The first-order valence-corrected chi connectivity index (χ1v) is 8.62. The van der Waals surface area contributed by atoms with Gasteiger partial charge in [0.2, 0.25) is 0 Å². The van der Waals surface area contributed by atoms with Crippen molar-refractivity contribution < 1.29 is 4.74 Å². The summed E-state index contributed by atoms with van der Waals surface area (Å²) >= 11 is 9.54. The SMILES string of the molecule is CNC1CC(Oc2ccc(Cl)cc2Br)C12CCCCC2. The van der Waals surface area contributed by atoms with Gasteiger partial charge in [-0.3, -0.25) is 0 Å². The van der Waals surface area contributed by atoms with Crippen LogP contribution in [0.4, 0.5) is 0 Å². The van der Waals surface area contributed by atoms with Crippen LogP contribution in [0.2, 0.25) is 5.02 Å². The van der Waals surface area contributed by atoms with Crippen LogP contribution in [0, 0.1) is 5.41 Å². The van der Waals surface area contributed by atoms with Gasteiger partial charge in [-0.25, -0.2) is 0 Å². The molecule has 2 aliphatic carbocycles. The van der Waals surface area contributed by atoms with Gasteiger partial charge in [0.1, 0.15) is 11.9 Å². The van der Waals surface area contributed by atoms with E-state index in [1.165, 1.54) is 32.1 Å². The fourth-order valence-electron chi connectivity index (χ4n) is 3.92. The number of halogens is 2. The zero-order chi connectivity index (χ0) is 14.2. The number of hydrogen-bond acceptors (Lipinski definition) is 2. The second kappa shape index (κ2) is 5.86. The van der Waals surface area contributed by atoms with Crippen LogP contribution in [-0.4, -0.2) is 19.2 Å². The summed E-state index contributed by atoms with van der Waals surface area (Å²) in [7, 11) is 2.08. The summed E-state index contributed by atoms with van der Waals surface area (Å²) in [5.41, 5.74) is 0.339. The maximum Gasteiger partial charge on any atom is 0.134 e. The van der Waals surface area contributed by atoms with Crippen molar-refractivity contribution in [3.05, 3.63) is 27.7 Å². The molecule has 4 heteroatoms. The van der Waals surface area contributed by atoms with Gasteiger partial charge in [0.15, 0.2) is 0 Å². The molecule has 20 heavy (non-hydrogen) atoms. The number of hydrogen-bond donors (Lipinski definition) is 1. The average molecular weight is 359 g/mol. The Morgan fingerprint density at radius 1 is 1.30 bits per heavy atom. The van der Waals surface area contributed by atoms with Crippen LogP contribution in [0.25, 0.3) is 0 Å². The molecule has 0 radical (unpaired) electrons. The van der Waals surface area contributed by atoms with E-state index in [2.05, 4.69) is 28.3 Å². The molecule has 1 aromatic carbocycles. The van der Waals surface area contributed by atoms with Crippen molar-refractivity contribution in [2.45, 2.75) is 50.7 Å². The van der Waals surface area contributed by atoms with E-state index >= 15 is 0 Å². The third kappa shape index (κ3) is 2.49. The minimum absolute atomic E-state index is 0.331. The van der Waals surface area contributed by atoms with Crippen LogP contribution in [0.3, 0.4) is 0 Å². The number of nitrogens with one attached hydrogen (secondary N) is 1. The van der Waals surface area contributed by atoms with E-state index in [0.717, 1.165) is 21.7 Å². The lowest BCUT2D eigenvalue weighted by atomic mass is 9.55. The number of ether oxygens (including phenoxy) is 1. The van der Waals surface area contributed by atoms with E-state index in [4.69, 9.17) is 16.3 Å². The van der Waals surface area contributed by atoms with Crippen molar-refractivity contribution in [3.8, 4) is 5.75 Å². The lowest BCUT2D eigenvalue weighted by Crippen LogP contribution is -2.64. The Balaban J connectivity index is 1.77. The molecule has 2 nitrogen and oxygen atoms in total. The molecule has 3 rings (SSSR count). The molecule has 2 unspecified atom stereocenters. The highest BCUT2D eigenvalue weighted by Crippen LogP contribution is 2.53. The molecule has 2 aliphatic rings. The monoisotopic (exact) mass is 357 g/mol. The van der Waals surface area contributed by atoms with Crippen LogP contribution in [0.1, 0.15) is 38.5 Å². The molecular weight excluding hydrogens is 338 g/mol. The van der Waals surface area contributed by atoms with Crippen molar-refractivity contribution in [1.29, 1.82) is 0 Å². The molecule has 1 aromatic rings. The van der Waals surface area contributed by atoms with Crippen LogP contribution in [0.5, 0.6) is 5.75 Å². The van der Waals surface area contributed by atoms with Crippen molar-refractivity contribution >= 4 is 27.5 Å². The van der Waals surface area contributed by atoms with Crippen molar-refractivity contribution in [2.24, 2.45) is 5.41 Å². The highest BCUT2D eigenvalue weighted by Gasteiger charge is 2.56. The van der Waals surface area contributed by atoms with Gasteiger partial charge in [-0.05, 0) is 54.0 Å². The predicted octanol–water partition coefficient (Wildman–Crippen LogP) is 4.79. The third-order valence-electron chi connectivity index (χ3n) is 5.08. The molecule has 2 saturated carbocycles. The number of benzene rings is 1. The zero-order valence-corrected chi connectivity index (χ0v) is 14.1. The lowest BCUT2D eigenvalue weighted by molar-refractivity contribution is -0.101. The second-order valence-electron chi connectivity index (χ2n) is 6.05. The molecule has 0 bridgehead atoms. The Morgan fingerprint density at radius 2 is 2.05 bits per heavy atom. The molecule has 0 saturated heterocycles. The first-order valence-electron chi connectivity index (χ1n) is 7.45. The summed E-state index contributed by atoms with van der Waals surface area (Å²) in [6.07, 6.45) is 8.04. The maximum absolute atomic E-state index is 6.32. The molecular formula is C16H21BrClNO. The van der Waals surface area contributed by atoms with Gasteiger partial charge in [0.25, 0.3) is 0 Å². The summed E-state index contributed by atoms with van der Waals surface area (Å²) in [6, 6.07) is 6.37. The van der Waals surface area contributed by atoms with Gasteiger partial charge in [0.05, 0.1) is 4.47 Å². The first kappa shape index (κ1) is 14.7. The average Bonchev–Trinajstić information content (AvgIpc) is 2.45. The smallest absolute Gasteiger partial charge is 0.134 e. The summed E-state index contributed by atoms with van der Waals surface area (Å²) in [6.45, 7) is 0. The minimum atomic E-state index is 0.331. The van der Waals surface area contributed by atoms with Gasteiger partial charge in [-0.1, -0.05) is 30.9 Å². The second-order valence-corrected chi connectivity index (χ2v) is 7.34. The minimum Gasteiger partial charge on any atom is -0.489 e. The van der Waals surface area contributed by atoms with Gasteiger partial charge >= 0.3 is 0 Å². The first-order chi connectivity index (χ1) is 9.65. The normalized spacial score (nSPS) is 28.1. The summed E-state index contributed by atoms with van der Waals surface area (Å²) in [5.74, 6) is 0.916. The maximum atomic E-state index is 6.32. The molecule has 1 N–H and O–H groups in total.